The molecule has 0 atom stereocenters. The number of likely N-dealkylation sites (N-methyl/N-ethyl adjacent to an activating group) is 3. The Balaban J connectivity index is 1.17. The van der Waals surface area contributed by atoms with Gasteiger partial charge in [0.25, 0.3) is 0 Å². The fraction of sp³-hybridized carbons (Fsp3) is 0.300. The van der Waals surface area contributed by atoms with Crippen LogP contribution in [0, 0.1) is 40.7 Å². The van der Waals surface area contributed by atoms with Crippen molar-refractivity contribution < 1.29 is 99.5 Å². The molecule has 8 N–H and O–H groups in total. The van der Waals surface area contributed by atoms with E-state index in [9.17, 15) is 62.4 Å². The minimum absolute atomic E-state index is 0.0949. The largest absolute Gasteiger partial charge is 0.504 e. The van der Waals surface area contributed by atoms with E-state index in [0.29, 0.717) is 0 Å². The molecule has 0 aromatic heterocycles. The summed E-state index contributed by atoms with van der Waals surface area (Å²) in [5, 5.41) is 58.7. The highest BCUT2D eigenvalue weighted by atomic mass is 19.2. The van der Waals surface area contributed by atoms with Crippen molar-refractivity contribution in [1.82, 2.24) is 0 Å². The van der Waals surface area contributed by atoms with Crippen LogP contribution in [-0.2, 0) is 9.98 Å². The van der Waals surface area contributed by atoms with E-state index in [1.807, 2.05) is 0 Å². The van der Waals surface area contributed by atoms with Crippen LogP contribution in [-0.4, -0.2) is 144 Å². The van der Waals surface area contributed by atoms with Crippen LogP contribution < -0.4 is 16.0 Å². The van der Waals surface area contributed by atoms with Crippen molar-refractivity contribution in [1.29, 1.82) is 0 Å². The third-order valence-electron chi connectivity index (χ3n) is 10.3. The van der Waals surface area contributed by atoms with Gasteiger partial charge in [-0.3, -0.25) is 19.2 Å². The number of hydroxylamine groups is 9. The fourth-order valence-electron chi connectivity index (χ4n) is 6.98. The second kappa shape index (κ2) is 16.5. The van der Waals surface area contributed by atoms with Crippen molar-refractivity contribution >= 4 is 40.2 Å². The summed E-state index contributed by atoms with van der Waals surface area (Å²) in [6.07, 6.45) is 0. The Hall–Kier alpha value is -6.57. The van der Waals surface area contributed by atoms with E-state index in [2.05, 4.69) is 16.0 Å². The van der Waals surface area contributed by atoms with Crippen LogP contribution in [0.5, 0.6) is 23.0 Å². The van der Waals surface area contributed by atoms with Crippen molar-refractivity contribution in [2.45, 2.75) is 0 Å². The minimum Gasteiger partial charge on any atom is -0.504 e. The topological polar surface area (TPSA) is 224 Å². The van der Waals surface area contributed by atoms with Gasteiger partial charge in [0.2, 0.25) is 40.6 Å². The number of quaternary nitrogens is 3. The van der Waals surface area contributed by atoms with Gasteiger partial charge in [-0.2, -0.15) is 22.2 Å². The summed E-state index contributed by atoms with van der Waals surface area (Å²) >= 11 is 0. The summed E-state index contributed by atoms with van der Waals surface area (Å²) < 4.78 is 103. The fourth-order valence-corrected chi connectivity index (χ4v) is 6.98. The van der Waals surface area contributed by atoms with E-state index in [1.165, 1.54) is 42.3 Å². The first-order valence-electron chi connectivity index (χ1n) is 18.9. The number of nitrogens with one attached hydrogen (secondary N) is 3. The molecule has 4 aromatic carbocycles. The van der Waals surface area contributed by atoms with Crippen LogP contribution in [0.1, 0.15) is 63.7 Å². The van der Waals surface area contributed by atoms with Crippen molar-refractivity contribution in [3.8, 4) is 23.0 Å². The molecule has 0 unspecified atom stereocenters. The molecule has 0 bridgehead atoms. The molecular formula is C40H40F7N6O11+3. The molecule has 0 aliphatic heterocycles. The predicted octanol–water partition coefficient (Wildman–Crippen LogP) is 4.37. The summed E-state index contributed by atoms with van der Waals surface area (Å²) in [6.45, 7) is -1.38. The second-order valence-electron chi connectivity index (χ2n) is 16.3. The number of rotatable bonds is 15. The number of fused-ring (bicyclic) bond motifs is 4. The standard InChI is InChI=1S/C40H37F7N6O11/c1-51(2,62)12-9-49-31-18-19(36(57)23-22(35(18)56)39(60)28(46)29(47)40(23)61)32(25(43)24(31)42)50-11-14-53(5,6)64-63-52(3,4)13-10-48-30-16(41)8-7-15-17(30)34(55)21-20(33(15)54)37(58)26(44)27(45)38(21)59/h7-8,62H,9-14H2,1-6H3,(H4-3,48,49,50,54,55,56,57,58,59,60,61)/p+3. The molecule has 0 heterocycles. The van der Waals surface area contributed by atoms with Crippen molar-refractivity contribution in [2.75, 3.05) is 97.5 Å². The number of anilines is 3. The maximum absolute atomic E-state index is 15.9. The van der Waals surface area contributed by atoms with Crippen LogP contribution >= 0.6 is 0 Å². The van der Waals surface area contributed by atoms with Gasteiger partial charge >= 0.3 is 0 Å². The first-order chi connectivity index (χ1) is 29.6. The van der Waals surface area contributed by atoms with Gasteiger partial charge < -0.3 is 36.4 Å². The maximum Gasteiger partial charge on any atom is 0.205 e. The van der Waals surface area contributed by atoms with Gasteiger partial charge in [0, 0.05) is 15.5 Å². The van der Waals surface area contributed by atoms with Gasteiger partial charge in [0.05, 0.1) is 89.7 Å². The van der Waals surface area contributed by atoms with Gasteiger partial charge in [-0.1, -0.05) is 0 Å². The van der Waals surface area contributed by atoms with E-state index in [4.69, 9.17) is 9.98 Å². The second-order valence-corrected chi connectivity index (χ2v) is 16.3. The molecule has 2 aliphatic carbocycles. The zero-order chi connectivity index (χ0) is 47.7. The van der Waals surface area contributed by atoms with E-state index in [-0.39, 0.29) is 32.7 Å². The molecular weight excluding hydrogens is 873 g/mol. The molecule has 64 heavy (non-hydrogen) atoms. The van der Waals surface area contributed by atoms with Crippen molar-refractivity contribution in [3.63, 3.8) is 0 Å². The molecule has 17 nitrogen and oxygen atoms in total. The van der Waals surface area contributed by atoms with Crippen LogP contribution in [0.15, 0.2) is 12.1 Å². The number of ketones is 4. The number of nitrogens with zero attached hydrogens (tertiary/aromatic N) is 3. The lowest BCUT2D eigenvalue weighted by Gasteiger charge is -2.30. The van der Waals surface area contributed by atoms with Gasteiger partial charge in [-0.15, -0.1) is 9.29 Å². The minimum atomic E-state index is -2.09. The molecule has 0 radical (unpaired) electrons. The lowest BCUT2D eigenvalue weighted by molar-refractivity contribution is -1.25. The summed E-state index contributed by atoms with van der Waals surface area (Å²) in [7, 11) is 8.45. The van der Waals surface area contributed by atoms with Crippen molar-refractivity contribution in [2.24, 2.45) is 0 Å². The number of carbonyl (C=O) groups excluding carboxylic acids is 4. The zero-order valence-corrected chi connectivity index (χ0v) is 34.6. The smallest absolute Gasteiger partial charge is 0.205 e. The number of benzene rings is 4. The molecule has 0 spiro atoms. The van der Waals surface area contributed by atoms with Crippen LogP contribution in [0.25, 0.3) is 0 Å². The summed E-state index contributed by atoms with van der Waals surface area (Å²) in [4.78, 5) is 65.4. The maximum atomic E-state index is 15.9. The van der Waals surface area contributed by atoms with Crippen LogP contribution in [0.3, 0.4) is 0 Å². The summed E-state index contributed by atoms with van der Waals surface area (Å²) in [5.41, 5.74) is -9.81. The third-order valence-corrected chi connectivity index (χ3v) is 10.3. The Bertz CT molecular complexity index is 2710. The Morgan fingerprint density at radius 1 is 0.453 bits per heavy atom. The summed E-state index contributed by atoms with van der Waals surface area (Å²) in [5.74, 6) is -24.5. The number of hydrogen-bond donors (Lipinski definition) is 8. The number of phenolic OH excluding ortho intramolecular Hbond substituents is 4. The van der Waals surface area contributed by atoms with Gasteiger partial charge in [-0.25, -0.2) is 18.4 Å². The first kappa shape index (κ1) is 46.9. The summed E-state index contributed by atoms with van der Waals surface area (Å²) in [6, 6.07) is 1.70. The Kier molecular flexibility index (Phi) is 12.1. The first-order valence-corrected chi connectivity index (χ1v) is 18.9. The number of halogens is 7. The molecule has 4 aromatic rings. The van der Waals surface area contributed by atoms with Crippen LogP contribution in [0.4, 0.5) is 47.8 Å². The molecule has 0 fully saturated rings. The third kappa shape index (κ3) is 8.10. The SMILES string of the molecule is C[N+](C)(O)CCNc1c(F)c(F)c(NCC[N+](C)(C)OO[N+](C)(C)CCNc2c(F)ccc3c2C(=O)c2c(O)c(F)c(F)c(O)c2C3=O)c2c1C(=O)c1c(O)c(F)c(F)c(O)c1C2=O. The lowest BCUT2D eigenvalue weighted by atomic mass is 9.80. The number of aromatic hydroxyl groups is 4. The molecule has 342 valence electrons. The lowest BCUT2D eigenvalue weighted by Crippen LogP contribution is -2.50. The highest BCUT2D eigenvalue weighted by Gasteiger charge is 2.44. The van der Waals surface area contributed by atoms with E-state index in [0.717, 1.165) is 12.1 Å². The Morgan fingerprint density at radius 2 is 0.781 bits per heavy atom. The van der Waals surface area contributed by atoms with E-state index in [1.54, 1.807) is 0 Å². The number of hydrogen-bond acceptors (Lipinski definition) is 14. The number of phenols is 4. The highest BCUT2D eigenvalue weighted by molar-refractivity contribution is 6.34. The zero-order valence-electron chi connectivity index (χ0n) is 34.6. The average Bonchev–Trinajstić information content (AvgIpc) is 3.21. The average molecular weight is 914 g/mol. The van der Waals surface area contributed by atoms with Gasteiger partial charge in [0.15, 0.2) is 40.4 Å². The van der Waals surface area contributed by atoms with Crippen molar-refractivity contribution in [3.05, 3.63) is 97.4 Å². The van der Waals surface area contributed by atoms with Gasteiger partial charge in [-0.05, 0) is 12.1 Å². The predicted molar refractivity (Wildman–Crippen MR) is 206 cm³/mol. The van der Waals surface area contributed by atoms with E-state index >= 15 is 13.2 Å². The molecule has 2 aliphatic rings. The molecule has 0 amide bonds. The quantitative estimate of drug-likeness (QED) is 0.0236. The molecule has 24 heteroatoms. The molecule has 0 saturated heterocycles. The molecule has 0 saturated carbocycles. The Labute approximate surface area is 357 Å². The molecule has 6 rings (SSSR count). The number of carbonyl (C=O) groups is 4. The van der Waals surface area contributed by atoms with E-state index < -0.39 is 169 Å². The Morgan fingerprint density at radius 3 is 1.16 bits per heavy atom. The monoisotopic (exact) mass is 913 g/mol. The van der Waals surface area contributed by atoms with Crippen LogP contribution in [0.2, 0.25) is 0 Å². The normalized spacial score (nSPS) is 13.7. The van der Waals surface area contributed by atoms with Gasteiger partial charge in [0.1, 0.15) is 53.6 Å². The highest BCUT2D eigenvalue weighted by Crippen LogP contribution is 2.47.